The van der Waals surface area contributed by atoms with Crippen LogP contribution in [0.3, 0.4) is 0 Å². The maximum absolute atomic E-state index is 5.90. The smallest absolute Gasteiger partial charge is 0.0639 e. The van der Waals surface area contributed by atoms with E-state index in [0.717, 1.165) is 13.0 Å². The second-order valence-electron chi connectivity index (χ2n) is 3.17. The number of benzene rings is 1. The van der Waals surface area contributed by atoms with Crippen LogP contribution < -0.4 is 10.6 Å². The van der Waals surface area contributed by atoms with E-state index in [0.29, 0.717) is 10.7 Å². The molecule has 0 saturated heterocycles. The third-order valence-corrected chi connectivity index (χ3v) is 2.65. The number of hydrogen-bond donors (Lipinski definition) is 1. The van der Waals surface area contributed by atoms with Gasteiger partial charge in [0, 0.05) is 19.3 Å². The Morgan fingerprint density at radius 2 is 2.25 bits per heavy atom. The molecule has 1 aromatic rings. The number of nitrogens with two attached hydrogens (primary N) is 1. The first-order chi connectivity index (χ1) is 5.68. The van der Waals surface area contributed by atoms with Crippen molar-refractivity contribution in [1.82, 2.24) is 0 Å². The molecule has 64 valence electrons. The van der Waals surface area contributed by atoms with Gasteiger partial charge in [-0.1, -0.05) is 11.6 Å². The second-order valence-corrected chi connectivity index (χ2v) is 3.58. The van der Waals surface area contributed by atoms with E-state index in [1.54, 1.807) is 0 Å². The lowest BCUT2D eigenvalue weighted by molar-refractivity contribution is 0.956. The second kappa shape index (κ2) is 2.56. The molecular formula is C9H11ClN2. The third kappa shape index (κ3) is 1.03. The molecule has 0 atom stereocenters. The summed E-state index contributed by atoms with van der Waals surface area (Å²) in [6.45, 7) is 1.06. The van der Waals surface area contributed by atoms with Crippen molar-refractivity contribution in [3.8, 4) is 0 Å². The molecule has 12 heavy (non-hydrogen) atoms. The number of hydrogen-bond acceptors (Lipinski definition) is 2. The van der Waals surface area contributed by atoms with Gasteiger partial charge in [0.15, 0.2) is 0 Å². The Kier molecular flexibility index (Phi) is 1.65. The molecular weight excluding hydrogens is 172 g/mol. The summed E-state index contributed by atoms with van der Waals surface area (Å²) >= 11 is 5.90. The maximum Gasteiger partial charge on any atom is 0.0639 e. The molecule has 1 aliphatic rings. The van der Waals surface area contributed by atoms with Gasteiger partial charge in [0.1, 0.15) is 0 Å². The number of likely N-dealkylation sites (N-methyl/N-ethyl adjacent to an activating group) is 1. The molecule has 0 spiro atoms. The highest BCUT2D eigenvalue weighted by molar-refractivity contribution is 6.33. The van der Waals surface area contributed by atoms with Crippen molar-refractivity contribution < 1.29 is 0 Å². The molecule has 0 aliphatic carbocycles. The molecule has 0 unspecified atom stereocenters. The normalized spacial score (nSPS) is 15.0. The van der Waals surface area contributed by atoms with Crippen LogP contribution in [0.15, 0.2) is 12.1 Å². The Balaban J connectivity index is 2.56. The zero-order valence-corrected chi connectivity index (χ0v) is 7.73. The molecule has 0 bridgehead atoms. The Hall–Kier alpha value is -0.890. The van der Waals surface area contributed by atoms with Crippen LogP contribution in [0, 0.1) is 0 Å². The van der Waals surface area contributed by atoms with E-state index >= 15 is 0 Å². The summed E-state index contributed by atoms with van der Waals surface area (Å²) in [5.41, 5.74) is 8.89. The molecule has 2 nitrogen and oxygen atoms in total. The fraction of sp³-hybridized carbons (Fsp3) is 0.333. The van der Waals surface area contributed by atoms with Gasteiger partial charge < -0.3 is 10.6 Å². The van der Waals surface area contributed by atoms with E-state index in [1.165, 1.54) is 11.3 Å². The summed E-state index contributed by atoms with van der Waals surface area (Å²) in [5, 5.41) is 0.670. The summed E-state index contributed by atoms with van der Waals surface area (Å²) in [6.07, 6.45) is 1.08. The average Bonchev–Trinajstić information content (AvgIpc) is 2.35. The van der Waals surface area contributed by atoms with Crippen LogP contribution in [0.25, 0.3) is 0 Å². The molecule has 1 aliphatic heterocycles. The molecule has 1 aromatic carbocycles. The van der Waals surface area contributed by atoms with Crippen LogP contribution in [0.2, 0.25) is 5.02 Å². The highest BCUT2D eigenvalue weighted by atomic mass is 35.5. The topological polar surface area (TPSA) is 29.3 Å². The number of nitrogen functional groups attached to an aromatic ring is 1. The zero-order valence-electron chi connectivity index (χ0n) is 6.97. The van der Waals surface area contributed by atoms with E-state index in [4.69, 9.17) is 17.3 Å². The molecule has 0 radical (unpaired) electrons. The lowest BCUT2D eigenvalue weighted by atomic mass is 10.1. The van der Waals surface area contributed by atoms with Crippen LogP contribution in [-0.4, -0.2) is 13.6 Å². The molecule has 2 rings (SSSR count). The summed E-state index contributed by atoms with van der Waals surface area (Å²) < 4.78 is 0. The largest absolute Gasteiger partial charge is 0.397 e. The van der Waals surface area contributed by atoms with Gasteiger partial charge in [-0.3, -0.25) is 0 Å². The summed E-state index contributed by atoms with van der Waals surface area (Å²) in [7, 11) is 2.07. The first-order valence-electron chi connectivity index (χ1n) is 3.97. The van der Waals surface area contributed by atoms with Gasteiger partial charge in [0.2, 0.25) is 0 Å². The van der Waals surface area contributed by atoms with Crippen LogP contribution in [-0.2, 0) is 6.42 Å². The van der Waals surface area contributed by atoms with E-state index in [1.807, 2.05) is 12.1 Å². The molecule has 0 saturated carbocycles. The van der Waals surface area contributed by atoms with Crippen LogP contribution >= 0.6 is 11.6 Å². The van der Waals surface area contributed by atoms with E-state index in [-0.39, 0.29) is 0 Å². The molecule has 0 amide bonds. The first kappa shape index (κ1) is 7.74. The van der Waals surface area contributed by atoms with Crippen molar-refractivity contribution in [1.29, 1.82) is 0 Å². The molecule has 0 aromatic heterocycles. The fourth-order valence-corrected chi connectivity index (χ4v) is 1.77. The van der Waals surface area contributed by atoms with Crippen molar-refractivity contribution in [3.05, 3.63) is 22.7 Å². The van der Waals surface area contributed by atoms with Gasteiger partial charge >= 0.3 is 0 Å². The Bertz CT molecular complexity index is 323. The van der Waals surface area contributed by atoms with Crippen molar-refractivity contribution in [3.63, 3.8) is 0 Å². The highest BCUT2D eigenvalue weighted by Gasteiger charge is 2.16. The third-order valence-electron chi connectivity index (χ3n) is 2.33. The van der Waals surface area contributed by atoms with Crippen LogP contribution in [0.5, 0.6) is 0 Å². The van der Waals surface area contributed by atoms with Gasteiger partial charge in [-0.05, 0) is 24.1 Å². The minimum absolute atomic E-state index is 0.670. The fourth-order valence-electron chi connectivity index (χ4n) is 1.58. The van der Waals surface area contributed by atoms with E-state index in [9.17, 15) is 0 Å². The van der Waals surface area contributed by atoms with Crippen molar-refractivity contribution in [2.75, 3.05) is 24.2 Å². The highest BCUT2D eigenvalue weighted by Crippen LogP contribution is 2.33. The van der Waals surface area contributed by atoms with E-state index in [2.05, 4.69) is 11.9 Å². The number of rotatable bonds is 0. The predicted octanol–water partition coefficient (Wildman–Crippen LogP) is 1.91. The van der Waals surface area contributed by atoms with Crippen LogP contribution in [0.1, 0.15) is 5.56 Å². The molecule has 1 heterocycles. The number of fused-ring (bicyclic) bond motifs is 1. The predicted molar refractivity (Wildman–Crippen MR) is 52.8 cm³/mol. The molecule has 2 N–H and O–H groups in total. The first-order valence-corrected chi connectivity index (χ1v) is 4.35. The van der Waals surface area contributed by atoms with Gasteiger partial charge in [0.25, 0.3) is 0 Å². The SMILES string of the molecule is CN1CCc2cc(Cl)c(N)cc21. The van der Waals surface area contributed by atoms with E-state index < -0.39 is 0 Å². The Labute approximate surface area is 76.9 Å². The van der Waals surface area contributed by atoms with Crippen LogP contribution in [0.4, 0.5) is 11.4 Å². The summed E-state index contributed by atoms with van der Waals surface area (Å²) in [4.78, 5) is 2.20. The quantitative estimate of drug-likeness (QED) is 0.622. The number of nitrogens with zero attached hydrogens (tertiary/aromatic N) is 1. The average molecular weight is 183 g/mol. The minimum atomic E-state index is 0.670. The lowest BCUT2D eigenvalue weighted by Gasteiger charge is -2.12. The summed E-state index contributed by atoms with van der Waals surface area (Å²) in [5.74, 6) is 0. The zero-order chi connectivity index (χ0) is 8.72. The molecule has 3 heteroatoms. The maximum atomic E-state index is 5.90. The van der Waals surface area contributed by atoms with Gasteiger partial charge in [-0.15, -0.1) is 0 Å². The van der Waals surface area contributed by atoms with Crippen molar-refractivity contribution in [2.45, 2.75) is 6.42 Å². The van der Waals surface area contributed by atoms with Gasteiger partial charge in [-0.25, -0.2) is 0 Å². The van der Waals surface area contributed by atoms with Crippen molar-refractivity contribution in [2.24, 2.45) is 0 Å². The number of halogens is 1. The molecule has 0 fully saturated rings. The van der Waals surface area contributed by atoms with Crippen molar-refractivity contribution >= 4 is 23.0 Å². The summed E-state index contributed by atoms with van der Waals surface area (Å²) in [6, 6.07) is 3.92. The minimum Gasteiger partial charge on any atom is -0.397 e. The Morgan fingerprint density at radius 1 is 1.50 bits per heavy atom. The lowest BCUT2D eigenvalue weighted by Crippen LogP contribution is -2.12. The standard InChI is InChI=1S/C9H11ClN2/c1-12-3-2-6-4-7(10)8(11)5-9(6)12/h4-5H,2-3,11H2,1H3. The Morgan fingerprint density at radius 3 is 3.00 bits per heavy atom. The monoisotopic (exact) mass is 182 g/mol. The van der Waals surface area contributed by atoms with Gasteiger partial charge in [-0.2, -0.15) is 0 Å². The van der Waals surface area contributed by atoms with Gasteiger partial charge in [0.05, 0.1) is 10.7 Å². The number of anilines is 2.